The predicted molar refractivity (Wildman–Crippen MR) is 93.5 cm³/mol. The lowest BCUT2D eigenvalue weighted by Crippen LogP contribution is -2.48. The third-order valence-corrected chi connectivity index (χ3v) is 4.59. The zero-order valence-corrected chi connectivity index (χ0v) is 14.4. The van der Waals surface area contributed by atoms with Crippen LogP contribution >= 0.6 is 0 Å². The second-order valence-corrected chi connectivity index (χ2v) is 6.24. The number of hydrogen-bond donors (Lipinski definition) is 1. The quantitative estimate of drug-likeness (QED) is 0.715. The zero-order valence-electron chi connectivity index (χ0n) is 14.4. The highest BCUT2D eigenvalue weighted by Gasteiger charge is 2.22. The topological polar surface area (TPSA) is 78.0 Å². The Bertz CT molecular complexity index is 583. The number of morpholine rings is 1. The molecule has 3 rings (SSSR count). The molecule has 1 aromatic heterocycles. The fourth-order valence-corrected chi connectivity index (χ4v) is 3.03. The van der Waals surface area contributed by atoms with Gasteiger partial charge < -0.3 is 19.9 Å². The van der Waals surface area contributed by atoms with Crippen molar-refractivity contribution in [3.05, 3.63) is 24.0 Å². The molecule has 1 aromatic rings. The number of nitrogens with zero attached hydrogens (tertiary/aromatic N) is 4. The van der Waals surface area contributed by atoms with Crippen molar-refractivity contribution in [3.8, 4) is 0 Å². The molecule has 0 radical (unpaired) electrons. The second-order valence-electron chi connectivity index (χ2n) is 6.24. The number of amides is 2. The molecule has 8 nitrogen and oxygen atoms in total. The number of nitrogens with one attached hydrogen (secondary N) is 1. The Morgan fingerprint density at radius 2 is 1.96 bits per heavy atom. The van der Waals surface area contributed by atoms with Gasteiger partial charge in [-0.2, -0.15) is 0 Å². The molecular formula is C17H25N5O3. The third-order valence-electron chi connectivity index (χ3n) is 4.59. The number of rotatable bonds is 6. The maximum Gasteiger partial charge on any atom is 0.272 e. The summed E-state index contributed by atoms with van der Waals surface area (Å²) in [6, 6.07) is 3.67. The monoisotopic (exact) mass is 347 g/mol. The van der Waals surface area contributed by atoms with Crippen LogP contribution in [0.25, 0.3) is 0 Å². The fourth-order valence-electron chi connectivity index (χ4n) is 3.03. The van der Waals surface area contributed by atoms with Crippen LogP contribution in [0, 0.1) is 0 Å². The summed E-state index contributed by atoms with van der Waals surface area (Å²) in [7, 11) is 0. The summed E-state index contributed by atoms with van der Waals surface area (Å²) in [6.45, 7) is 7.54. The molecule has 0 saturated carbocycles. The molecule has 25 heavy (non-hydrogen) atoms. The number of pyridine rings is 1. The predicted octanol–water partition coefficient (Wildman–Crippen LogP) is -0.260. The molecule has 0 bridgehead atoms. The molecule has 1 N–H and O–H groups in total. The van der Waals surface area contributed by atoms with Crippen molar-refractivity contribution in [2.75, 3.05) is 70.9 Å². The van der Waals surface area contributed by atoms with Gasteiger partial charge in [0.25, 0.3) is 5.91 Å². The van der Waals surface area contributed by atoms with Crippen LogP contribution < -0.4 is 5.32 Å². The Kier molecular flexibility index (Phi) is 6.19. The average molecular weight is 347 g/mol. The van der Waals surface area contributed by atoms with E-state index in [4.69, 9.17) is 4.74 Å². The van der Waals surface area contributed by atoms with Gasteiger partial charge in [-0.3, -0.25) is 19.5 Å². The van der Waals surface area contributed by atoms with Crippen LogP contribution in [-0.2, 0) is 9.53 Å². The smallest absolute Gasteiger partial charge is 0.272 e. The molecule has 2 aliphatic heterocycles. The highest BCUT2D eigenvalue weighted by atomic mass is 16.5. The molecule has 2 aliphatic rings. The maximum atomic E-state index is 12.6. The second kappa shape index (κ2) is 8.77. The molecule has 3 heterocycles. The summed E-state index contributed by atoms with van der Waals surface area (Å²) in [5, 5.41) is 3.36. The summed E-state index contributed by atoms with van der Waals surface area (Å²) in [6.07, 6.45) is 2.49. The van der Waals surface area contributed by atoms with Crippen LogP contribution in [0.1, 0.15) is 10.5 Å². The molecule has 136 valence electrons. The number of carbonyl (C=O) groups excluding carboxylic acids is 2. The van der Waals surface area contributed by atoms with Crippen LogP contribution in [0.4, 0.5) is 5.69 Å². The van der Waals surface area contributed by atoms with Gasteiger partial charge in [0.1, 0.15) is 5.69 Å². The van der Waals surface area contributed by atoms with Crippen molar-refractivity contribution in [2.24, 2.45) is 0 Å². The van der Waals surface area contributed by atoms with Crippen molar-refractivity contribution in [3.63, 3.8) is 0 Å². The molecule has 0 aromatic carbocycles. The Labute approximate surface area is 147 Å². The van der Waals surface area contributed by atoms with E-state index in [-0.39, 0.29) is 5.91 Å². The number of ether oxygens (including phenoxy) is 1. The lowest BCUT2D eigenvalue weighted by Gasteiger charge is -2.32. The summed E-state index contributed by atoms with van der Waals surface area (Å²) in [5.41, 5.74) is 1.34. The number of anilines is 1. The van der Waals surface area contributed by atoms with E-state index in [1.54, 1.807) is 22.1 Å². The van der Waals surface area contributed by atoms with Crippen LogP contribution in [0.5, 0.6) is 0 Å². The summed E-state index contributed by atoms with van der Waals surface area (Å²) >= 11 is 0. The lowest BCUT2D eigenvalue weighted by atomic mass is 10.2. The molecule has 8 heteroatoms. The highest BCUT2D eigenvalue weighted by Crippen LogP contribution is 2.11. The van der Waals surface area contributed by atoms with Crippen molar-refractivity contribution in [2.45, 2.75) is 0 Å². The standard InChI is InChI=1S/C17H25N5O3/c23-14-21-5-7-22(8-6-21)17(24)16-13-15(1-2-19-16)18-3-4-20-9-11-25-12-10-20/h1-2,13-14H,3-12H2,(H,18,19). The highest BCUT2D eigenvalue weighted by molar-refractivity contribution is 5.93. The van der Waals surface area contributed by atoms with E-state index in [1.807, 2.05) is 6.07 Å². The first-order chi connectivity index (χ1) is 12.3. The third kappa shape index (κ3) is 4.90. The number of piperazine rings is 1. The first-order valence-corrected chi connectivity index (χ1v) is 8.75. The van der Waals surface area contributed by atoms with Crippen molar-refractivity contribution in [1.82, 2.24) is 19.7 Å². The van der Waals surface area contributed by atoms with E-state index in [9.17, 15) is 9.59 Å². The normalized spacial score (nSPS) is 18.9. The van der Waals surface area contributed by atoms with Gasteiger partial charge in [-0.1, -0.05) is 0 Å². The van der Waals surface area contributed by atoms with E-state index in [1.165, 1.54) is 0 Å². The molecule has 2 fully saturated rings. The van der Waals surface area contributed by atoms with Gasteiger partial charge in [0.2, 0.25) is 6.41 Å². The van der Waals surface area contributed by atoms with Crippen molar-refractivity contribution < 1.29 is 14.3 Å². The molecular weight excluding hydrogens is 322 g/mol. The Balaban J connectivity index is 1.50. The molecule has 0 unspecified atom stereocenters. The van der Waals surface area contributed by atoms with Gasteiger partial charge in [0, 0.05) is 64.2 Å². The van der Waals surface area contributed by atoms with Crippen molar-refractivity contribution in [1.29, 1.82) is 0 Å². The van der Waals surface area contributed by atoms with Gasteiger partial charge in [-0.15, -0.1) is 0 Å². The first-order valence-electron chi connectivity index (χ1n) is 8.75. The Hall–Kier alpha value is -2.19. The van der Waals surface area contributed by atoms with Crippen molar-refractivity contribution >= 4 is 18.0 Å². The van der Waals surface area contributed by atoms with E-state index in [0.29, 0.717) is 31.9 Å². The largest absolute Gasteiger partial charge is 0.384 e. The van der Waals surface area contributed by atoms with E-state index < -0.39 is 0 Å². The number of aromatic nitrogens is 1. The average Bonchev–Trinajstić information content (AvgIpc) is 2.68. The SMILES string of the molecule is O=CN1CCN(C(=O)c2cc(NCCN3CCOCC3)ccn2)CC1. The number of carbonyl (C=O) groups is 2. The maximum absolute atomic E-state index is 12.6. The van der Waals surface area contributed by atoms with Gasteiger partial charge >= 0.3 is 0 Å². The van der Waals surface area contributed by atoms with Crippen LogP contribution in [0.3, 0.4) is 0 Å². The number of hydrogen-bond acceptors (Lipinski definition) is 6. The Morgan fingerprint density at radius 1 is 1.20 bits per heavy atom. The molecule has 0 atom stereocenters. The van der Waals surface area contributed by atoms with Gasteiger partial charge in [0.15, 0.2) is 0 Å². The summed E-state index contributed by atoms with van der Waals surface area (Å²) < 4.78 is 5.34. The molecule has 0 aliphatic carbocycles. The van der Waals surface area contributed by atoms with Crippen LogP contribution in [0.15, 0.2) is 18.3 Å². The summed E-state index contributed by atoms with van der Waals surface area (Å²) in [5.74, 6) is -0.0811. The molecule has 2 amide bonds. The van der Waals surface area contributed by atoms with E-state index in [0.717, 1.165) is 51.5 Å². The van der Waals surface area contributed by atoms with Crippen LogP contribution in [-0.4, -0.2) is 97.6 Å². The summed E-state index contributed by atoms with van der Waals surface area (Å²) in [4.78, 5) is 33.3. The van der Waals surface area contributed by atoms with Crippen LogP contribution in [0.2, 0.25) is 0 Å². The molecule has 0 spiro atoms. The first kappa shape index (κ1) is 17.6. The van der Waals surface area contributed by atoms with Gasteiger partial charge in [-0.25, -0.2) is 0 Å². The van der Waals surface area contributed by atoms with E-state index >= 15 is 0 Å². The minimum Gasteiger partial charge on any atom is -0.384 e. The zero-order chi connectivity index (χ0) is 17.5. The van der Waals surface area contributed by atoms with Gasteiger partial charge in [0.05, 0.1) is 13.2 Å². The lowest BCUT2D eigenvalue weighted by molar-refractivity contribution is -0.119. The fraction of sp³-hybridized carbons (Fsp3) is 0.588. The van der Waals surface area contributed by atoms with Gasteiger partial charge in [-0.05, 0) is 12.1 Å². The Morgan fingerprint density at radius 3 is 2.68 bits per heavy atom. The minimum absolute atomic E-state index is 0.0811. The molecule has 2 saturated heterocycles. The minimum atomic E-state index is -0.0811. The van der Waals surface area contributed by atoms with E-state index in [2.05, 4.69) is 15.2 Å².